The standard InChI is InChI=1S/C16H22FN3O5S/c1-3-4-5-8-26(24,25)19-16(2,20-10-14(22)18-15(20)23)11-6-7-12(17)13(21)9-11/h6-7,9,19,21H,3-5,8,10H2,1-2H3,(H,18,22,23)/t16-/m0/s1. The molecule has 1 aliphatic heterocycles. The van der Waals surface area contributed by atoms with Crippen LogP contribution in [0.3, 0.4) is 0 Å². The molecule has 1 atom stereocenters. The smallest absolute Gasteiger partial charge is 0.326 e. The number of hydrogen-bond donors (Lipinski definition) is 3. The highest BCUT2D eigenvalue weighted by atomic mass is 32.2. The Labute approximate surface area is 151 Å². The lowest BCUT2D eigenvalue weighted by molar-refractivity contribution is -0.118. The van der Waals surface area contributed by atoms with E-state index >= 15 is 0 Å². The van der Waals surface area contributed by atoms with Gasteiger partial charge in [0.1, 0.15) is 12.2 Å². The highest BCUT2D eigenvalue weighted by molar-refractivity contribution is 7.89. The van der Waals surface area contributed by atoms with Crippen molar-refractivity contribution >= 4 is 22.0 Å². The molecule has 0 aliphatic carbocycles. The molecule has 0 saturated carbocycles. The van der Waals surface area contributed by atoms with Gasteiger partial charge >= 0.3 is 6.03 Å². The van der Waals surface area contributed by atoms with Crippen LogP contribution < -0.4 is 10.0 Å². The molecule has 1 aliphatic rings. The Kier molecular flexibility index (Phi) is 5.87. The Morgan fingerprint density at radius 2 is 2.04 bits per heavy atom. The predicted octanol–water partition coefficient (Wildman–Crippen LogP) is 1.37. The summed E-state index contributed by atoms with van der Waals surface area (Å²) in [5.41, 5.74) is -1.55. The van der Waals surface area contributed by atoms with Crippen molar-refractivity contribution in [3.8, 4) is 5.75 Å². The van der Waals surface area contributed by atoms with Crippen LogP contribution in [0, 0.1) is 5.82 Å². The molecule has 10 heteroatoms. The van der Waals surface area contributed by atoms with E-state index in [9.17, 15) is 27.5 Å². The van der Waals surface area contributed by atoms with Gasteiger partial charge in [-0.1, -0.05) is 25.8 Å². The summed E-state index contributed by atoms with van der Waals surface area (Å²) in [7, 11) is -3.82. The Balaban J connectivity index is 2.43. The van der Waals surface area contributed by atoms with E-state index in [1.165, 1.54) is 13.0 Å². The minimum atomic E-state index is -3.82. The highest BCUT2D eigenvalue weighted by Crippen LogP contribution is 2.31. The molecular weight excluding hydrogens is 365 g/mol. The number of phenolic OH excluding ortho intramolecular Hbond substituents is 1. The minimum absolute atomic E-state index is 0.125. The average molecular weight is 387 g/mol. The van der Waals surface area contributed by atoms with Crippen LogP contribution in [0.4, 0.5) is 9.18 Å². The molecule has 144 valence electrons. The fourth-order valence-electron chi connectivity index (χ4n) is 2.78. The molecule has 8 nitrogen and oxygen atoms in total. The summed E-state index contributed by atoms with van der Waals surface area (Å²) in [6.07, 6.45) is 1.99. The van der Waals surface area contributed by atoms with Crippen LogP contribution in [-0.4, -0.2) is 42.7 Å². The maximum absolute atomic E-state index is 13.4. The number of amides is 3. The molecule has 0 unspecified atom stereocenters. The van der Waals surface area contributed by atoms with Crippen molar-refractivity contribution in [2.24, 2.45) is 0 Å². The Morgan fingerprint density at radius 1 is 1.35 bits per heavy atom. The number of nitrogens with zero attached hydrogens (tertiary/aromatic N) is 1. The van der Waals surface area contributed by atoms with Gasteiger partial charge in [-0.3, -0.25) is 15.0 Å². The summed E-state index contributed by atoms with van der Waals surface area (Å²) in [6, 6.07) is 2.46. The first-order valence-corrected chi connectivity index (χ1v) is 9.86. The van der Waals surface area contributed by atoms with Crippen LogP contribution in [0.1, 0.15) is 38.7 Å². The van der Waals surface area contributed by atoms with E-state index in [0.717, 1.165) is 29.9 Å². The number of rotatable bonds is 8. The van der Waals surface area contributed by atoms with Gasteiger partial charge in [0.15, 0.2) is 11.6 Å². The Bertz CT molecular complexity index is 814. The quantitative estimate of drug-likeness (QED) is 0.460. The zero-order valence-electron chi connectivity index (χ0n) is 14.6. The molecule has 26 heavy (non-hydrogen) atoms. The molecule has 3 N–H and O–H groups in total. The highest BCUT2D eigenvalue weighted by Gasteiger charge is 2.45. The molecule has 1 heterocycles. The zero-order chi connectivity index (χ0) is 19.5. The normalized spacial score (nSPS) is 17.3. The van der Waals surface area contributed by atoms with Gasteiger partial charge in [0.2, 0.25) is 15.9 Å². The SMILES string of the molecule is CCCCCS(=O)(=O)N[C@](C)(c1ccc(F)c(O)c1)N1CC(=O)NC1=O. The number of imide groups is 1. The van der Waals surface area contributed by atoms with Gasteiger partial charge in [-0.05, 0) is 31.0 Å². The second-order valence-electron chi connectivity index (χ2n) is 6.31. The molecule has 1 saturated heterocycles. The number of aromatic hydroxyl groups is 1. The van der Waals surface area contributed by atoms with Crippen molar-refractivity contribution in [2.45, 2.75) is 38.8 Å². The van der Waals surface area contributed by atoms with Crippen molar-refractivity contribution < 1.29 is 27.5 Å². The fourth-order valence-corrected chi connectivity index (χ4v) is 4.30. The summed E-state index contributed by atoms with van der Waals surface area (Å²) in [6.45, 7) is 2.95. The minimum Gasteiger partial charge on any atom is -0.505 e. The molecule has 0 aromatic heterocycles. The molecule has 0 radical (unpaired) electrons. The number of carbonyl (C=O) groups is 2. The number of nitrogens with one attached hydrogen (secondary N) is 2. The molecule has 0 bridgehead atoms. The molecule has 1 fully saturated rings. The lowest BCUT2D eigenvalue weighted by atomic mass is 10.0. The third kappa shape index (κ3) is 4.31. The maximum Gasteiger partial charge on any atom is 0.326 e. The second-order valence-corrected chi connectivity index (χ2v) is 8.15. The van der Waals surface area contributed by atoms with Gasteiger partial charge in [0.05, 0.1) is 5.75 Å². The molecule has 2 rings (SSSR count). The van der Waals surface area contributed by atoms with Crippen LogP contribution in [0.15, 0.2) is 18.2 Å². The van der Waals surface area contributed by atoms with Crippen LogP contribution in [0.25, 0.3) is 0 Å². The fraction of sp³-hybridized carbons (Fsp3) is 0.500. The predicted molar refractivity (Wildman–Crippen MR) is 92.1 cm³/mol. The largest absolute Gasteiger partial charge is 0.505 e. The van der Waals surface area contributed by atoms with Crippen LogP contribution in [-0.2, 0) is 20.5 Å². The van der Waals surface area contributed by atoms with Gasteiger partial charge in [-0.2, -0.15) is 4.72 Å². The van der Waals surface area contributed by atoms with Gasteiger partial charge in [0.25, 0.3) is 0 Å². The number of hydrogen-bond acceptors (Lipinski definition) is 5. The van der Waals surface area contributed by atoms with Crippen molar-refractivity contribution in [2.75, 3.05) is 12.3 Å². The second kappa shape index (κ2) is 7.58. The van der Waals surface area contributed by atoms with Gasteiger partial charge in [-0.15, -0.1) is 0 Å². The van der Waals surface area contributed by atoms with Gasteiger partial charge in [-0.25, -0.2) is 17.6 Å². The number of unbranched alkanes of at least 4 members (excludes halogenated alkanes) is 2. The molecule has 1 aromatic rings. The molecule has 1 aromatic carbocycles. The average Bonchev–Trinajstić information content (AvgIpc) is 2.88. The number of sulfonamides is 1. The van der Waals surface area contributed by atoms with E-state index < -0.39 is 39.2 Å². The first kappa shape index (κ1) is 20.1. The summed E-state index contributed by atoms with van der Waals surface area (Å²) < 4.78 is 40.8. The lowest BCUT2D eigenvalue weighted by Crippen LogP contribution is -2.57. The number of carbonyl (C=O) groups excluding carboxylic acids is 2. The van der Waals surface area contributed by atoms with E-state index in [1.807, 2.05) is 6.92 Å². The van der Waals surface area contributed by atoms with Crippen molar-refractivity contribution in [3.05, 3.63) is 29.6 Å². The number of phenols is 1. The lowest BCUT2D eigenvalue weighted by Gasteiger charge is -2.38. The summed E-state index contributed by atoms with van der Waals surface area (Å²) in [4.78, 5) is 24.7. The monoisotopic (exact) mass is 387 g/mol. The topological polar surface area (TPSA) is 116 Å². The van der Waals surface area contributed by atoms with Crippen molar-refractivity contribution in [1.82, 2.24) is 14.9 Å². The molecule has 0 spiro atoms. The van der Waals surface area contributed by atoms with Crippen LogP contribution in [0.2, 0.25) is 0 Å². The number of benzene rings is 1. The third-order valence-electron chi connectivity index (χ3n) is 4.21. The van der Waals surface area contributed by atoms with Gasteiger partial charge in [0, 0.05) is 0 Å². The van der Waals surface area contributed by atoms with E-state index in [4.69, 9.17) is 0 Å². The van der Waals surface area contributed by atoms with Crippen molar-refractivity contribution in [1.29, 1.82) is 0 Å². The first-order chi connectivity index (χ1) is 12.1. The van der Waals surface area contributed by atoms with E-state index in [0.29, 0.717) is 6.42 Å². The Hall–Kier alpha value is -2.20. The summed E-state index contributed by atoms with van der Waals surface area (Å²) in [5, 5.41) is 11.7. The summed E-state index contributed by atoms with van der Waals surface area (Å²) in [5.74, 6) is -2.32. The summed E-state index contributed by atoms with van der Waals surface area (Å²) >= 11 is 0. The molecular formula is C16H22FN3O5S. The zero-order valence-corrected chi connectivity index (χ0v) is 15.4. The van der Waals surface area contributed by atoms with E-state index in [-0.39, 0.29) is 17.9 Å². The Morgan fingerprint density at radius 3 is 2.58 bits per heavy atom. The van der Waals surface area contributed by atoms with E-state index in [2.05, 4.69) is 10.0 Å². The molecule has 3 amide bonds. The van der Waals surface area contributed by atoms with Gasteiger partial charge < -0.3 is 5.11 Å². The third-order valence-corrected chi connectivity index (χ3v) is 5.75. The first-order valence-electron chi connectivity index (χ1n) is 8.21. The number of urea groups is 1. The van der Waals surface area contributed by atoms with Crippen LogP contribution >= 0.6 is 0 Å². The maximum atomic E-state index is 13.4. The number of halogens is 1. The van der Waals surface area contributed by atoms with Crippen molar-refractivity contribution in [3.63, 3.8) is 0 Å². The van der Waals surface area contributed by atoms with Crippen LogP contribution in [0.5, 0.6) is 5.75 Å². The van der Waals surface area contributed by atoms with E-state index in [1.54, 1.807) is 0 Å².